The molecule has 0 aromatic carbocycles. The van der Waals surface area contributed by atoms with Gasteiger partial charge in [-0.15, -0.1) is 0 Å². The standard InChI is InChI=1S/C36H58O7/c1-5-6-7-8-9-10-11-12-13-14-15-16-17-18-29(38)43-22-26-20-27-30-28(34(30,4)23-37)19-25(3)35(33(27)41)21-24(2)31(39)36(35,42)32(26)40/h20-21,25,27-28,30-32,37,39-40,42H,5-19,22-23H2,1-4H3/t25-,27+,28-,30+,31+,32-,34-,35+,36-/m1/s1. The van der Waals surface area contributed by atoms with Crippen LogP contribution in [-0.4, -0.2) is 63.2 Å². The number of carbonyl (C=O) groups is 2. The van der Waals surface area contributed by atoms with Gasteiger partial charge in [-0.3, -0.25) is 9.59 Å². The van der Waals surface area contributed by atoms with Crippen molar-refractivity contribution in [3.63, 3.8) is 0 Å². The molecular weight excluding hydrogens is 544 g/mol. The number of allylic oxidation sites excluding steroid dienone is 1. The van der Waals surface area contributed by atoms with Crippen molar-refractivity contribution >= 4 is 11.8 Å². The lowest BCUT2D eigenvalue weighted by Crippen LogP contribution is -2.65. The molecule has 244 valence electrons. The van der Waals surface area contributed by atoms with Crippen LogP contribution in [0.2, 0.25) is 0 Å². The summed E-state index contributed by atoms with van der Waals surface area (Å²) in [6, 6.07) is 0. The Morgan fingerprint density at radius 2 is 1.51 bits per heavy atom. The highest BCUT2D eigenvalue weighted by Crippen LogP contribution is 2.71. The zero-order chi connectivity index (χ0) is 31.4. The van der Waals surface area contributed by atoms with Crippen LogP contribution in [0.3, 0.4) is 0 Å². The molecule has 0 amide bonds. The molecule has 0 aliphatic heterocycles. The number of aliphatic hydroxyl groups excluding tert-OH is 3. The summed E-state index contributed by atoms with van der Waals surface area (Å²) in [4.78, 5) is 27.0. The summed E-state index contributed by atoms with van der Waals surface area (Å²) in [5.41, 5.74) is -3.32. The molecule has 1 spiro atoms. The van der Waals surface area contributed by atoms with Crippen LogP contribution < -0.4 is 0 Å². The van der Waals surface area contributed by atoms with Crippen molar-refractivity contribution in [3.8, 4) is 0 Å². The van der Waals surface area contributed by atoms with E-state index in [0.717, 1.165) is 19.3 Å². The summed E-state index contributed by atoms with van der Waals surface area (Å²) in [7, 11) is 0. The number of hydrogen-bond acceptors (Lipinski definition) is 7. The van der Waals surface area contributed by atoms with Gasteiger partial charge in [0.15, 0.2) is 5.78 Å². The topological polar surface area (TPSA) is 124 Å². The normalized spacial score (nSPS) is 38.0. The van der Waals surface area contributed by atoms with E-state index in [1.807, 2.05) is 13.8 Å². The first kappa shape index (κ1) is 34.3. The van der Waals surface area contributed by atoms with Crippen molar-refractivity contribution < 1.29 is 34.8 Å². The van der Waals surface area contributed by atoms with Crippen LogP contribution in [0.25, 0.3) is 0 Å². The monoisotopic (exact) mass is 602 g/mol. The Morgan fingerprint density at radius 3 is 2.07 bits per heavy atom. The SMILES string of the molecule is CCCCCCCCCCCCCCCC(=O)OCC1=C[C@@H]2C(=O)[C@]3(C=C(C)[C@H](O)[C@@]3(O)[C@@H]1O)[C@H](C)C[C@@H]1[C@H]2[C@]1(C)CO. The summed E-state index contributed by atoms with van der Waals surface area (Å²) in [6.45, 7) is 7.52. The van der Waals surface area contributed by atoms with Gasteiger partial charge in [0.05, 0.1) is 5.41 Å². The number of hydrogen-bond donors (Lipinski definition) is 4. The van der Waals surface area contributed by atoms with Gasteiger partial charge in [0.25, 0.3) is 0 Å². The van der Waals surface area contributed by atoms with Gasteiger partial charge >= 0.3 is 5.97 Å². The van der Waals surface area contributed by atoms with Gasteiger partial charge in [-0.2, -0.15) is 0 Å². The first-order valence-corrected chi connectivity index (χ1v) is 17.3. The predicted octanol–water partition coefficient (Wildman–Crippen LogP) is 5.82. The van der Waals surface area contributed by atoms with E-state index < -0.39 is 34.6 Å². The summed E-state index contributed by atoms with van der Waals surface area (Å²) in [5.74, 6) is -1.65. The highest BCUT2D eigenvalue weighted by atomic mass is 16.5. The van der Waals surface area contributed by atoms with Crippen LogP contribution in [0.15, 0.2) is 23.3 Å². The van der Waals surface area contributed by atoms with Crippen molar-refractivity contribution in [1.82, 2.24) is 0 Å². The minimum atomic E-state index is -2.15. The van der Waals surface area contributed by atoms with Gasteiger partial charge in [-0.05, 0) is 54.1 Å². The molecule has 0 heterocycles. The first-order chi connectivity index (χ1) is 20.5. The molecule has 43 heavy (non-hydrogen) atoms. The molecular formula is C36H58O7. The van der Waals surface area contributed by atoms with Crippen LogP contribution in [0, 0.1) is 34.5 Å². The smallest absolute Gasteiger partial charge is 0.306 e. The van der Waals surface area contributed by atoms with E-state index in [0.29, 0.717) is 12.0 Å². The molecule has 4 N–H and O–H groups in total. The molecule has 4 rings (SSSR count). The Bertz CT molecular complexity index is 1050. The second-order valence-corrected chi connectivity index (χ2v) is 14.6. The summed E-state index contributed by atoms with van der Waals surface area (Å²) in [6.07, 6.45) is 17.1. The van der Waals surface area contributed by atoms with Crippen molar-refractivity contribution in [2.45, 2.75) is 142 Å². The van der Waals surface area contributed by atoms with Gasteiger partial charge in [0, 0.05) is 18.9 Å². The zero-order valence-electron chi connectivity index (χ0n) is 27.2. The van der Waals surface area contributed by atoms with Gasteiger partial charge in [-0.25, -0.2) is 0 Å². The first-order valence-electron chi connectivity index (χ1n) is 17.3. The molecule has 0 unspecified atom stereocenters. The van der Waals surface area contributed by atoms with Gasteiger partial charge in [0.2, 0.25) is 0 Å². The van der Waals surface area contributed by atoms with E-state index in [1.54, 1.807) is 19.1 Å². The maximum absolute atomic E-state index is 14.3. The molecule has 7 nitrogen and oxygen atoms in total. The Hall–Kier alpha value is -1.54. The lowest BCUT2D eigenvalue weighted by molar-refractivity contribution is -0.190. The molecule has 2 fully saturated rings. The lowest BCUT2D eigenvalue weighted by atomic mass is 9.59. The molecule has 7 heteroatoms. The number of aliphatic hydroxyl groups is 4. The van der Waals surface area contributed by atoms with E-state index in [1.165, 1.54) is 64.2 Å². The van der Waals surface area contributed by atoms with Crippen LogP contribution in [0.4, 0.5) is 0 Å². The Morgan fingerprint density at radius 1 is 0.953 bits per heavy atom. The second-order valence-electron chi connectivity index (χ2n) is 14.6. The van der Waals surface area contributed by atoms with Crippen molar-refractivity contribution in [1.29, 1.82) is 0 Å². The fourth-order valence-electron chi connectivity index (χ4n) is 8.99. The number of Topliss-reactive ketones (excluding diaryl/α,β-unsaturated/α-hetero) is 1. The second kappa shape index (κ2) is 14.3. The fraction of sp³-hybridized carbons (Fsp3) is 0.833. The van der Waals surface area contributed by atoms with E-state index in [9.17, 15) is 30.0 Å². The Balaban J connectivity index is 1.29. The highest BCUT2D eigenvalue weighted by Gasteiger charge is 2.76. The largest absolute Gasteiger partial charge is 0.461 e. The molecule has 9 atom stereocenters. The van der Waals surface area contributed by atoms with Gasteiger partial charge in [0.1, 0.15) is 24.4 Å². The van der Waals surface area contributed by atoms with Crippen LogP contribution in [0.1, 0.15) is 124 Å². The molecule has 0 aromatic rings. The van der Waals surface area contributed by atoms with Gasteiger partial charge in [-0.1, -0.05) is 110 Å². The maximum atomic E-state index is 14.3. The molecule has 4 aliphatic carbocycles. The molecule has 0 radical (unpaired) electrons. The molecule has 0 saturated heterocycles. The van der Waals surface area contributed by atoms with Crippen LogP contribution >= 0.6 is 0 Å². The molecule has 0 aromatic heterocycles. The third kappa shape index (κ3) is 6.30. The maximum Gasteiger partial charge on any atom is 0.306 e. The quantitative estimate of drug-likeness (QED) is 0.0940. The number of ether oxygens (including phenoxy) is 1. The third-order valence-electron chi connectivity index (χ3n) is 11.8. The number of esters is 1. The molecule has 2 saturated carbocycles. The molecule has 2 bridgehead atoms. The van der Waals surface area contributed by atoms with Gasteiger partial charge < -0.3 is 25.2 Å². The minimum Gasteiger partial charge on any atom is -0.461 e. The third-order valence-corrected chi connectivity index (χ3v) is 11.8. The summed E-state index contributed by atoms with van der Waals surface area (Å²) in [5, 5.41) is 45.1. The lowest BCUT2D eigenvalue weighted by Gasteiger charge is -2.48. The number of unbranched alkanes of at least 4 members (excludes halogenated alkanes) is 12. The fourth-order valence-corrected chi connectivity index (χ4v) is 8.99. The number of fused-ring (bicyclic) bond motifs is 3. The Kier molecular flexibility index (Phi) is 11.4. The van der Waals surface area contributed by atoms with E-state index >= 15 is 0 Å². The number of rotatable bonds is 17. The summed E-state index contributed by atoms with van der Waals surface area (Å²) >= 11 is 0. The highest BCUT2D eigenvalue weighted by molar-refractivity contribution is 5.95. The number of carbonyl (C=O) groups excluding carboxylic acids is 2. The Labute approximate surface area is 259 Å². The van der Waals surface area contributed by atoms with Crippen molar-refractivity contribution in [2.75, 3.05) is 13.2 Å². The van der Waals surface area contributed by atoms with Crippen molar-refractivity contribution in [3.05, 3.63) is 23.3 Å². The predicted molar refractivity (Wildman–Crippen MR) is 167 cm³/mol. The van der Waals surface area contributed by atoms with Crippen LogP contribution in [-0.2, 0) is 14.3 Å². The van der Waals surface area contributed by atoms with E-state index in [2.05, 4.69) is 6.92 Å². The van der Waals surface area contributed by atoms with E-state index in [-0.39, 0.29) is 54.7 Å². The van der Waals surface area contributed by atoms with Crippen molar-refractivity contribution in [2.24, 2.45) is 34.5 Å². The molecule has 4 aliphatic rings. The number of ketones is 1. The minimum absolute atomic E-state index is 0.0482. The summed E-state index contributed by atoms with van der Waals surface area (Å²) < 4.78 is 5.60. The average Bonchev–Trinajstić information content (AvgIpc) is 3.54. The average molecular weight is 603 g/mol. The van der Waals surface area contributed by atoms with Crippen LogP contribution in [0.5, 0.6) is 0 Å². The van der Waals surface area contributed by atoms with E-state index in [4.69, 9.17) is 4.74 Å². The zero-order valence-corrected chi connectivity index (χ0v) is 27.2.